The third kappa shape index (κ3) is 4.21. The molecule has 4 N–H and O–H groups in total. The first-order valence-corrected chi connectivity index (χ1v) is 9.04. The zero-order chi connectivity index (χ0) is 20.1. The van der Waals surface area contributed by atoms with Gasteiger partial charge >= 0.3 is 6.03 Å². The van der Waals surface area contributed by atoms with Gasteiger partial charge in [-0.15, -0.1) is 11.3 Å². The highest BCUT2D eigenvalue weighted by Crippen LogP contribution is 2.39. The van der Waals surface area contributed by atoms with Crippen molar-refractivity contribution in [1.29, 1.82) is 0 Å². The van der Waals surface area contributed by atoms with Gasteiger partial charge in [-0.3, -0.25) is 4.79 Å². The van der Waals surface area contributed by atoms with E-state index in [0.29, 0.717) is 27.9 Å². The van der Waals surface area contributed by atoms with E-state index >= 15 is 0 Å². The zero-order valence-corrected chi connectivity index (χ0v) is 16.0. The van der Waals surface area contributed by atoms with Gasteiger partial charge in [0.05, 0.1) is 19.8 Å². The normalized spacial score (nSPS) is 10.2. The number of rotatable bonds is 6. The van der Waals surface area contributed by atoms with Crippen LogP contribution in [0.3, 0.4) is 0 Å². The number of para-hydroxylation sites is 1. The van der Waals surface area contributed by atoms with E-state index < -0.39 is 6.03 Å². The van der Waals surface area contributed by atoms with E-state index in [2.05, 4.69) is 15.6 Å². The number of thiazole rings is 1. The molecule has 0 saturated heterocycles. The Morgan fingerprint density at radius 2 is 1.68 bits per heavy atom. The molecule has 0 unspecified atom stereocenters. The number of benzene rings is 2. The number of hydrogen-bond donors (Lipinski definition) is 3. The second kappa shape index (κ2) is 8.40. The van der Waals surface area contributed by atoms with Gasteiger partial charge in [-0.2, -0.15) is 0 Å². The van der Waals surface area contributed by atoms with Gasteiger partial charge < -0.3 is 25.8 Å². The van der Waals surface area contributed by atoms with E-state index in [1.165, 1.54) is 11.3 Å². The van der Waals surface area contributed by atoms with Crippen LogP contribution in [0.1, 0.15) is 10.5 Å². The molecule has 9 heteroatoms. The first-order chi connectivity index (χ1) is 13.5. The van der Waals surface area contributed by atoms with Crippen LogP contribution >= 0.6 is 11.3 Å². The average molecular weight is 398 g/mol. The molecular formula is C19H18N4O4S. The molecule has 0 radical (unpaired) electrons. The van der Waals surface area contributed by atoms with Crippen LogP contribution in [0.25, 0.3) is 10.6 Å². The summed E-state index contributed by atoms with van der Waals surface area (Å²) in [5, 5.41) is 7.53. The van der Waals surface area contributed by atoms with Crippen LogP contribution in [0.4, 0.5) is 16.2 Å². The molecule has 1 aromatic heterocycles. The van der Waals surface area contributed by atoms with Gasteiger partial charge in [0.25, 0.3) is 5.91 Å². The predicted molar refractivity (Wildman–Crippen MR) is 108 cm³/mol. The molecule has 0 aliphatic rings. The number of hydrogen-bond acceptors (Lipinski definition) is 6. The maximum absolute atomic E-state index is 12.5. The molecule has 28 heavy (non-hydrogen) atoms. The number of primary amides is 1. The molecule has 0 bridgehead atoms. The highest BCUT2D eigenvalue weighted by molar-refractivity contribution is 7.13. The molecule has 1 heterocycles. The molecule has 0 spiro atoms. The van der Waals surface area contributed by atoms with Gasteiger partial charge in [0.1, 0.15) is 10.7 Å². The Labute approximate surface area is 165 Å². The van der Waals surface area contributed by atoms with Crippen LogP contribution in [0.5, 0.6) is 11.5 Å². The summed E-state index contributed by atoms with van der Waals surface area (Å²) < 4.78 is 10.7. The lowest BCUT2D eigenvalue weighted by Crippen LogP contribution is -2.19. The Kier molecular flexibility index (Phi) is 5.75. The molecule has 8 nitrogen and oxygen atoms in total. The summed E-state index contributed by atoms with van der Waals surface area (Å²) in [6.45, 7) is 0. The maximum atomic E-state index is 12.5. The van der Waals surface area contributed by atoms with Crippen molar-refractivity contribution >= 4 is 34.6 Å². The molecule has 0 atom stereocenters. The lowest BCUT2D eigenvalue weighted by Gasteiger charge is -2.10. The smallest absolute Gasteiger partial charge is 0.316 e. The summed E-state index contributed by atoms with van der Waals surface area (Å²) in [6.07, 6.45) is 0. The molecule has 0 saturated carbocycles. The number of aromatic nitrogens is 1. The van der Waals surface area contributed by atoms with Crippen molar-refractivity contribution in [3.63, 3.8) is 0 Å². The van der Waals surface area contributed by atoms with E-state index in [1.807, 2.05) is 12.1 Å². The van der Waals surface area contributed by atoms with Gasteiger partial charge in [-0.1, -0.05) is 6.07 Å². The lowest BCUT2D eigenvalue weighted by molar-refractivity contribution is 0.102. The van der Waals surface area contributed by atoms with Crippen molar-refractivity contribution in [2.45, 2.75) is 0 Å². The average Bonchev–Trinajstić information content (AvgIpc) is 3.18. The predicted octanol–water partition coefficient (Wildman–Crippen LogP) is 3.57. The molecule has 0 aliphatic heterocycles. The second-order valence-electron chi connectivity index (χ2n) is 5.60. The van der Waals surface area contributed by atoms with Crippen molar-refractivity contribution < 1.29 is 19.1 Å². The number of amides is 3. The molecule has 3 amide bonds. The Morgan fingerprint density at radius 3 is 2.29 bits per heavy atom. The standard InChI is InChI=1S/C19H18N4O4S/c1-26-15-5-3-4-13(16(15)27-2)18-23-14(10-28-18)17(24)21-11-6-8-12(9-7-11)22-19(20)25/h3-10H,1-2H3,(H,21,24)(H3,20,22,25). The summed E-state index contributed by atoms with van der Waals surface area (Å²) >= 11 is 1.33. The highest BCUT2D eigenvalue weighted by atomic mass is 32.1. The fourth-order valence-electron chi connectivity index (χ4n) is 2.53. The summed E-state index contributed by atoms with van der Waals surface area (Å²) in [5.41, 5.74) is 7.19. The summed E-state index contributed by atoms with van der Waals surface area (Å²) in [6, 6.07) is 11.4. The molecule has 3 rings (SSSR count). The maximum Gasteiger partial charge on any atom is 0.316 e. The van der Waals surface area contributed by atoms with E-state index in [9.17, 15) is 9.59 Å². The molecule has 3 aromatic rings. The number of carbonyl (C=O) groups is 2. The first-order valence-electron chi connectivity index (χ1n) is 8.16. The molecule has 0 aliphatic carbocycles. The Balaban J connectivity index is 1.77. The molecular weight excluding hydrogens is 380 g/mol. The van der Waals surface area contributed by atoms with Crippen LogP contribution < -0.4 is 25.8 Å². The Bertz CT molecular complexity index is 1000. The van der Waals surface area contributed by atoms with Crippen molar-refractivity contribution in [2.24, 2.45) is 5.73 Å². The number of urea groups is 1. The summed E-state index contributed by atoms with van der Waals surface area (Å²) in [5.74, 6) is 0.801. The minimum Gasteiger partial charge on any atom is -0.493 e. The van der Waals surface area contributed by atoms with Gasteiger partial charge in [0, 0.05) is 16.8 Å². The monoisotopic (exact) mass is 398 g/mol. The molecule has 0 fully saturated rings. The van der Waals surface area contributed by atoms with Crippen LogP contribution in [-0.2, 0) is 0 Å². The van der Waals surface area contributed by atoms with Gasteiger partial charge in [-0.05, 0) is 36.4 Å². The third-order valence-corrected chi connectivity index (χ3v) is 4.66. The molecule has 144 valence electrons. The van der Waals surface area contributed by atoms with Gasteiger partial charge in [-0.25, -0.2) is 9.78 Å². The zero-order valence-electron chi connectivity index (χ0n) is 15.2. The van der Waals surface area contributed by atoms with E-state index in [0.717, 1.165) is 5.56 Å². The SMILES string of the molecule is COc1cccc(-c2nc(C(=O)Nc3ccc(NC(N)=O)cc3)cs2)c1OC. The molecule has 2 aromatic carbocycles. The number of nitrogens with two attached hydrogens (primary N) is 1. The van der Waals surface area contributed by atoms with Crippen LogP contribution in [0, 0.1) is 0 Å². The number of methoxy groups -OCH3 is 2. The van der Waals surface area contributed by atoms with Gasteiger partial charge in [0.15, 0.2) is 11.5 Å². The minimum absolute atomic E-state index is 0.282. The van der Waals surface area contributed by atoms with Crippen LogP contribution in [-0.4, -0.2) is 31.1 Å². The highest BCUT2D eigenvalue weighted by Gasteiger charge is 2.17. The van der Waals surface area contributed by atoms with E-state index in [4.69, 9.17) is 15.2 Å². The quantitative estimate of drug-likeness (QED) is 0.587. The number of carbonyl (C=O) groups excluding carboxylic acids is 2. The fraction of sp³-hybridized carbons (Fsp3) is 0.105. The fourth-order valence-corrected chi connectivity index (χ4v) is 3.35. The minimum atomic E-state index is -0.653. The van der Waals surface area contributed by atoms with Crippen molar-refractivity contribution in [1.82, 2.24) is 4.98 Å². The van der Waals surface area contributed by atoms with E-state index in [1.54, 1.807) is 49.9 Å². The Morgan fingerprint density at radius 1 is 1.00 bits per heavy atom. The third-order valence-electron chi connectivity index (χ3n) is 3.78. The van der Waals surface area contributed by atoms with Crippen LogP contribution in [0.15, 0.2) is 47.8 Å². The van der Waals surface area contributed by atoms with E-state index in [-0.39, 0.29) is 11.6 Å². The van der Waals surface area contributed by atoms with Crippen molar-refractivity contribution in [2.75, 3.05) is 24.9 Å². The van der Waals surface area contributed by atoms with Crippen LogP contribution in [0.2, 0.25) is 0 Å². The topological polar surface area (TPSA) is 116 Å². The van der Waals surface area contributed by atoms with Crippen molar-refractivity contribution in [3.05, 3.63) is 53.5 Å². The Hall–Kier alpha value is -3.59. The first kappa shape index (κ1) is 19.2. The van der Waals surface area contributed by atoms with Gasteiger partial charge in [0.2, 0.25) is 0 Å². The summed E-state index contributed by atoms with van der Waals surface area (Å²) in [7, 11) is 3.12. The number of anilines is 2. The second-order valence-corrected chi connectivity index (χ2v) is 6.46. The number of ether oxygens (including phenoxy) is 2. The number of nitrogens with zero attached hydrogens (tertiary/aromatic N) is 1. The van der Waals surface area contributed by atoms with Crippen molar-refractivity contribution in [3.8, 4) is 22.1 Å². The lowest BCUT2D eigenvalue weighted by atomic mass is 10.2. The summed E-state index contributed by atoms with van der Waals surface area (Å²) in [4.78, 5) is 27.7. The largest absolute Gasteiger partial charge is 0.493 e. The number of nitrogens with one attached hydrogen (secondary N) is 2.